The second-order valence-electron chi connectivity index (χ2n) is 9.75. The molecule has 1 aromatic heterocycles. The lowest BCUT2D eigenvalue weighted by Gasteiger charge is -2.31. The predicted octanol–water partition coefficient (Wildman–Crippen LogP) is 6.97. The minimum atomic E-state index is -0.940. The molecule has 1 N–H and O–H groups in total. The highest BCUT2D eigenvalue weighted by atomic mass is 35.5. The number of anilines is 2. The number of carbonyl (C=O) groups is 2. The molecule has 212 valence electrons. The second-order valence-corrected chi connectivity index (χ2v) is 11.6. The third-order valence-electron chi connectivity index (χ3n) is 6.27. The fraction of sp³-hybridized carbons (Fsp3) is 0.226. The van der Waals surface area contributed by atoms with E-state index in [1.807, 2.05) is 75.3 Å². The molecule has 0 fully saturated rings. The smallest absolute Gasteiger partial charge is 0.251 e. The Balaban J connectivity index is 1.69. The summed E-state index contributed by atoms with van der Waals surface area (Å²) >= 11 is 13.5. The summed E-state index contributed by atoms with van der Waals surface area (Å²) in [5.74, 6) is -0.545. The van der Waals surface area contributed by atoms with E-state index >= 15 is 0 Å². The van der Waals surface area contributed by atoms with Crippen molar-refractivity contribution in [2.45, 2.75) is 31.6 Å². The Bertz CT molecular complexity index is 1480. The lowest BCUT2D eigenvalue weighted by molar-refractivity contribution is -0.137. The molecule has 41 heavy (non-hydrogen) atoms. The molecule has 0 radical (unpaired) electrons. The van der Waals surface area contributed by atoms with Crippen molar-refractivity contribution in [3.05, 3.63) is 111 Å². The number of hydrogen-bond donors (Lipinski definition) is 1. The summed E-state index contributed by atoms with van der Waals surface area (Å²) in [6.45, 7) is 3.96. The van der Waals surface area contributed by atoms with Gasteiger partial charge in [0.1, 0.15) is 6.04 Å². The van der Waals surface area contributed by atoms with Gasteiger partial charge < -0.3 is 15.1 Å². The van der Waals surface area contributed by atoms with Crippen LogP contribution in [0.4, 0.5) is 11.4 Å². The van der Waals surface area contributed by atoms with Gasteiger partial charge in [0, 0.05) is 53.4 Å². The number of thioether (sulfide) groups is 1. The maximum atomic E-state index is 14.0. The minimum Gasteiger partial charge on any atom is -0.378 e. The summed E-state index contributed by atoms with van der Waals surface area (Å²) < 4.78 is 0. The third kappa shape index (κ3) is 8.45. The van der Waals surface area contributed by atoms with Gasteiger partial charge in [-0.25, -0.2) is 9.97 Å². The number of aryl methyl sites for hydroxylation is 2. The standard InChI is InChI=1S/C31H31Cl2N5O2S/c1-20-17-21(2)35-31(34-20)41-19-28(39)38(18-22-5-9-24(32)10-6-22)29(23-7-11-25(33)12-8-23)30(40)36-26-13-15-27(16-14-26)37(3)4/h5-17,29H,18-19H2,1-4H3,(H,36,40). The highest BCUT2D eigenvalue weighted by Crippen LogP contribution is 2.29. The molecule has 1 heterocycles. The van der Waals surface area contributed by atoms with E-state index < -0.39 is 6.04 Å². The lowest BCUT2D eigenvalue weighted by atomic mass is 10.0. The van der Waals surface area contributed by atoms with Crippen LogP contribution in [0.1, 0.15) is 28.6 Å². The highest BCUT2D eigenvalue weighted by Gasteiger charge is 2.32. The first-order valence-corrected chi connectivity index (χ1v) is 14.7. The molecule has 0 bridgehead atoms. The molecule has 2 amide bonds. The van der Waals surface area contributed by atoms with E-state index in [4.69, 9.17) is 23.2 Å². The zero-order chi connectivity index (χ0) is 29.5. The number of halogens is 2. The predicted molar refractivity (Wildman–Crippen MR) is 168 cm³/mol. The van der Waals surface area contributed by atoms with Gasteiger partial charge in [-0.2, -0.15) is 0 Å². The Morgan fingerprint density at radius 1 is 0.854 bits per heavy atom. The number of rotatable bonds is 10. The minimum absolute atomic E-state index is 0.0470. The number of nitrogens with zero attached hydrogens (tertiary/aromatic N) is 4. The summed E-state index contributed by atoms with van der Waals surface area (Å²) in [6, 6.07) is 22.6. The SMILES string of the molecule is Cc1cc(C)nc(SCC(=O)N(Cc2ccc(Cl)cc2)C(C(=O)Nc2ccc(N(C)C)cc2)c2ccc(Cl)cc2)n1. The van der Waals surface area contributed by atoms with Crippen LogP contribution in [-0.2, 0) is 16.1 Å². The average molecular weight is 609 g/mol. The van der Waals surface area contributed by atoms with Gasteiger partial charge in [0.05, 0.1) is 5.75 Å². The number of nitrogens with one attached hydrogen (secondary N) is 1. The number of amides is 2. The molecular weight excluding hydrogens is 577 g/mol. The molecule has 0 aliphatic heterocycles. The van der Waals surface area contributed by atoms with Crippen LogP contribution in [0.25, 0.3) is 0 Å². The summed E-state index contributed by atoms with van der Waals surface area (Å²) in [7, 11) is 3.90. The maximum Gasteiger partial charge on any atom is 0.251 e. The molecule has 7 nitrogen and oxygen atoms in total. The van der Waals surface area contributed by atoms with E-state index in [9.17, 15) is 9.59 Å². The molecule has 4 rings (SSSR count). The fourth-order valence-corrected chi connectivity index (χ4v) is 5.34. The van der Waals surface area contributed by atoms with Crippen LogP contribution in [0.15, 0.2) is 84.0 Å². The molecule has 0 aliphatic carbocycles. The Morgan fingerprint density at radius 2 is 1.41 bits per heavy atom. The summed E-state index contributed by atoms with van der Waals surface area (Å²) in [5.41, 5.74) is 4.73. The van der Waals surface area contributed by atoms with Crippen LogP contribution in [-0.4, -0.2) is 46.5 Å². The van der Waals surface area contributed by atoms with Gasteiger partial charge >= 0.3 is 0 Å². The molecule has 0 saturated heterocycles. The van der Waals surface area contributed by atoms with E-state index in [1.165, 1.54) is 11.8 Å². The molecule has 3 aromatic carbocycles. The molecule has 4 aromatic rings. The number of carbonyl (C=O) groups excluding carboxylic acids is 2. The first-order valence-electron chi connectivity index (χ1n) is 12.9. The zero-order valence-corrected chi connectivity index (χ0v) is 25.6. The number of benzene rings is 3. The van der Waals surface area contributed by atoms with Crippen molar-refractivity contribution in [3.63, 3.8) is 0 Å². The number of hydrogen-bond acceptors (Lipinski definition) is 6. The van der Waals surface area contributed by atoms with E-state index in [-0.39, 0.29) is 24.1 Å². The van der Waals surface area contributed by atoms with Crippen molar-refractivity contribution < 1.29 is 9.59 Å². The van der Waals surface area contributed by atoms with Gasteiger partial charge in [-0.05, 0) is 79.6 Å². The van der Waals surface area contributed by atoms with E-state index in [0.29, 0.717) is 26.5 Å². The Morgan fingerprint density at radius 3 is 1.98 bits per heavy atom. The van der Waals surface area contributed by atoms with E-state index in [1.54, 1.807) is 41.3 Å². The first kappa shape index (κ1) is 30.4. The van der Waals surface area contributed by atoms with Crippen molar-refractivity contribution in [1.29, 1.82) is 0 Å². The Kier molecular flexibility index (Phi) is 10.3. The van der Waals surface area contributed by atoms with Crippen LogP contribution in [0.5, 0.6) is 0 Å². The largest absolute Gasteiger partial charge is 0.378 e. The Hall–Kier alpha value is -3.59. The average Bonchev–Trinajstić information content (AvgIpc) is 2.93. The van der Waals surface area contributed by atoms with Crippen LogP contribution < -0.4 is 10.2 Å². The van der Waals surface area contributed by atoms with Crippen LogP contribution in [0.2, 0.25) is 10.0 Å². The molecule has 10 heteroatoms. The maximum absolute atomic E-state index is 14.0. The van der Waals surface area contributed by atoms with E-state index in [0.717, 1.165) is 22.6 Å². The highest BCUT2D eigenvalue weighted by molar-refractivity contribution is 7.99. The Labute approximate surface area is 254 Å². The summed E-state index contributed by atoms with van der Waals surface area (Å²) in [6.07, 6.45) is 0. The zero-order valence-electron chi connectivity index (χ0n) is 23.3. The first-order chi connectivity index (χ1) is 19.6. The summed E-state index contributed by atoms with van der Waals surface area (Å²) in [5, 5.41) is 4.63. The fourth-order valence-electron chi connectivity index (χ4n) is 4.25. The third-order valence-corrected chi connectivity index (χ3v) is 7.61. The monoisotopic (exact) mass is 607 g/mol. The molecule has 0 saturated carbocycles. The van der Waals surface area contributed by atoms with Gasteiger partial charge in [-0.3, -0.25) is 9.59 Å². The van der Waals surface area contributed by atoms with Gasteiger partial charge in [0.25, 0.3) is 5.91 Å². The van der Waals surface area contributed by atoms with Crippen molar-refractivity contribution in [1.82, 2.24) is 14.9 Å². The van der Waals surface area contributed by atoms with Gasteiger partial charge in [0.15, 0.2) is 5.16 Å². The van der Waals surface area contributed by atoms with Gasteiger partial charge in [0.2, 0.25) is 5.91 Å². The second kappa shape index (κ2) is 13.9. The molecular formula is C31H31Cl2N5O2S. The van der Waals surface area contributed by atoms with Crippen molar-refractivity contribution >= 4 is 58.2 Å². The molecule has 0 aliphatic rings. The lowest BCUT2D eigenvalue weighted by Crippen LogP contribution is -2.41. The molecule has 1 unspecified atom stereocenters. The van der Waals surface area contributed by atoms with E-state index in [2.05, 4.69) is 15.3 Å². The molecule has 0 spiro atoms. The van der Waals surface area contributed by atoms with Crippen molar-refractivity contribution in [2.24, 2.45) is 0 Å². The van der Waals surface area contributed by atoms with Crippen LogP contribution in [0, 0.1) is 13.8 Å². The normalized spacial score (nSPS) is 11.6. The van der Waals surface area contributed by atoms with Gasteiger partial charge in [-0.15, -0.1) is 0 Å². The number of aromatic nitrogens is 2. The van der Waals surface area contributed by atoms with Crippen molar-refractivity contribution in [3.8, 4) is 0 Å². The molecule has 1 atom stereocenters. The summed E-state index contributed by atoms with van der Waals surface area (Å²) in [4.78, 5) is 40.4. The van der Waals surface area contributed by atoms with Crippen LogP contribution >= 0.6 is 35.0 Å². The van der Waals surface area contributed by atoms with Gasteiger partial charge in [-0.1, -0.05) is 59.2 Å². The van der Waals surface area contributed by atoms with Crippen molar-refractivity contribution in [2.75, 3.05) is 30.1 Å². The quantitative estimate of drug-likeness (QED) is 0.155. The van der Waals surface area contributed by atoms with Crippen LogP contribution in [0.3, 0.4) is 0 Å². The topological polar surface area (TPSA) is 78.4 Å².